The van der Waals surface area contributed by atoms with E-state index in [2.05, 4.69) is 46.1 Å². The zero-order chi connectivity index (χ0) is 17.5. The van der Waals surface area contributed by atoms with Gasteiger partial charge in [0.05, 0.1) is 6.54 Å². The minimum atomic E-state index is 0.731. The van der Waals surface area contributed by atoms with Crippen molar-refractivity contribution in [2.45, 2.75) is 6.54 Å². The molecule has 3 rings (SSSR count). The zero-order valence-electron chi connectivity index (χ0n) is 13.5. The summed E-state index contributed by atoms with van der Waals surface area (Å²) in [5.41, 5.74) is 3.38. The molecule has 0 amide bonds. The molecule has 0 aliphatic rings. The molecule has 0 aliphatic carbocycles. The molecule has 0 heterocycles. The van der Waals surface area contributed by atoms with Crippen molar-refractivity contribution in [3.63, 3.8) is 0 Å². The SMILES string of the molecule is Clc1cccc(/C=C/SN(Cc2ccccc2)c2cccc(Cl)c2)c1. The van der Waals surface area contributed by atoms with Gasteiger partial charge >= 0.3 is 0 Å². The van der Waals surface area contributed by atoms with E-state index in [0.717, 1.165) is 27.8 Å². The molecular weight excluding hydrogens is 369 g/mol. The van der Waals surface area contributed by atoms with E-state index in [1.807, 2.05) is 48.5 Å². The summed E-state index contributed by atoms with van der Waals surface area (Å²) in [5, 5.41) is 3.54. The van der Waals surface area contributed by atoms with Crippen LogP contribution in [0.15, 0.2) is 84.3 Å². The summed E-state index contributed by atoms with van der Waals surface area (Å²) in [7, 11) is 0. The van der Waals surface area contributed by atoms with E-state index in [-0.39, 0.29) is 0 Å². The molecule has 0 saturated carbocycles. The third-order valence-electron chi connectivity index (χ3n) is 3.56. The summed E-state index contributed by atoms with van der Waals surface area (Å²) in [6.45, 7) is 0.783. The first-order valence-electron chi connectivity index (χ1n) is 7.87. The summed E-state index contributed by atoms with van der Waals surface area (Å²) < 4.78 is 2.21. The fourth-order valence-electron chi connectivity index (χ4n) is 2.36. The van der Waals surface area contributed by atoms with Gasteiger partial charge in [0, 0.05) is 15.7 Å². The molecule has 3 aromatic carbocycles. The topological polar surface area (TPSA) is 3.24 Å². The van der Waals surface area contributed by atoms with Crippen molar-refractivity contribution in [3.8, 4) is 0 Å². The van der Waals surface area contributed by atoms with Crippen molar-refractivity contribution in [3.05, 3.63) is 105 Å². The minimum absolute atomic E-state index is 0.731. The lowest BCUT2D eigenvalue weighted by Gasteiger charge is -2.22. The van der Waals surface area contributed by atoms with E-state index in [9.17, 15) is 0 Å². The van der Waals surface area contributed by atoms with Crippen molar-refractivity contribution >= 4 is 46.9 Å². The predicted molar refractivity (Wildman–Crippen MR) is 112 cm³/mol. The first-order chi connectivity index (χ1) is 12.2. The average molecular weight is 386 g/mol. The average Bonchev–Trinajstić information content (AvgIpc) is 2.62. The molecule has 3 aromatic rings. The normalized spacial score (nSPS) is 11.0. The van der Waals surface area contributed by atoms with Crippen LogP contribution in [0.3, 0.4) is 0 Å². The van der Waals surface area contributed by atoms with Gasteiger partial charge in [-0.2, -0.15) is 0 Å². The molecular formula is C21H17Cl2NS. The van der Waals surface area contributed by atoms with Gasteiger partial charge in [-0.05, 0) is 64.9 Å². The summed E-state index contributed by atoms with van der Waals surface area (Å²) in [4.78, 5) is 0. The van der Waals surface area contributed by atoms with Crippen LogP contribution >= 0.6 is 35.1 Å². The van der Waals surface area contributed by atoms with Crippen LogP contribution in [0.2, 0.25) is 10.0 Å². The van der Waals surface area contributed by atoms with Gasteiger partial charge in [0.25, 0.3) is 0 Å². The van der Waals surface area contributed by atoms with Gasteiger partial charge in [-0.1, -0.05) is 71.7 Å². The molecule has 0 unspecified atom stereocenters. The molecule has 4 heteroatoms. The molecule has 0 atom stereocenters. The lowest BCUT2D eigenvalue weighted by Crippen LogP contribution is -2.12. The number of rotatable bonds is 6. The molecule has 25 heavy (non-hydrogen) atoms. The number of nitrogens with zero attached hydrogens (tertiary/aromatic N) is 1. The predicted octanol–water partition coefficient (Wildman–Crippen LogP) is 7.32. The highest BCUT2D eigenvalue weighted by atomic mass is 35.5. The third kappa shape index (κ3) is 5.57. The van der Waals surface area contributed by atoms with Crippen LogP contribution in [0.4, 0.5) is 5.69 Å². The second kappa shape index (κ2) is 9.00. The van der Waals surface area contributed by atoms with Crippen molar-refractivity contribution in [2.24, 2.45) is 0 Å². The van der Waals surface area contributed by atoms with E-state index in [4.69, 9.17) is 23.2 Å². The molecule has 0 fully saturated rings. The quantitative estimate of drug-likeness (QED) is 0.408. The number of hydrogen-bond acceptors (Lipinski definition) is 2. The molecule has 0 aromatic heterocycles. The van der Waals surface area contributed by atoms with Gasteiger partial charge in [0.2, 0.25) is 0 Å². The van der Waals surface area contributed by atoms with Crippen LogP contribution in [-0.2, 0) is 6.54 Å². The highest BCUT2D eigenvalue weighted by molar-refractivity contribution is 8.03. The lowest BCUT2D eigenvalue weighted by molar-refractivity contribution is 1.06. The molecule has 0 N–H and O–H groups in total. The second-order valence-electron chi connectivity index (χ2n) is 5.47. The maximum atomic E-state index is 6.17. The monoisotopic (exact) mass is 385 g/mol. The van der Waals surface area contributed by atoms with E-state index < -0.39 is 0 Å². The molecule has 0 bridgehead atoms. The number of benzene rings is 3. The van der Waals surface area contributed by atoms with Crippen molar-refractivity contribution < 1.29 is 0 Å². The number of hydrogen-bond donors (Lipinski definition) is 0. The fraction of sp³-hybridized carbons (Fsp3) is 0.0476. The van der Waals surface area contributed by atoms with Crippen LogP contribution in [0, 0.1) is 0 Å². The highest BCUT2D eigenvalue weighted by Crippen LogP contribution is 2.28. The molecule has 0 saturated heterocycles. The Bertz CT molecular complexity index is 849. The summed E-state index contributed by atoms with van der Waals surface area (Å²) in [6.07, 6.45) is 2.05. The van der Waals surface area contributed by atoms with Crippen LogP contribution < -0.4 is 4.31 Å². The van der Waals surface area contributed by atoms with E-state index in [1.54, 1.807) is 11.9 Å². The molecule has 1 nitrogen and oxygen atoms in total. The van der Waals surface area contributed by atoms with E-state index in [0.29, 0.717) is 0 Å². The summed E-state index contributed by atoms with van der Waals surface area (Å²) in [5.74, 6) is 0. The molecule has 126 valence electrons. The van der Waals surface area contributed by atoms with Crippen LogP contribution in [0.25, 0.3) is 6.08 Å². The first-order valence-corrected chi connectivity index (χ1v) is 9.46. The standard InChI is InChI=1S/C21H17Cl2NS/c22-19-9-4-8-17(14-19)12-13-25-24(16-18-6-2-1-3-7-18)21-11-5-10-20(23)15-21/h1-15H,16H2/b13-12+. The Morgan fingerprint density at radius 1 is 0.800 bits per heavy atom. The zero-order valence-corrected chi connectivity index (χ0v) is 15.8. The number of anilines is 1. The van der Waals surface area contributed by atoms with E-state index in [1.165, 1.54) is 5.56 Å². The molecule has 0 spiro atoms. The molecule has 0 aliphatic heterocycles. The Morgan fingerprint density at radius 2 is 1.52 bits per heavy atom. The largest absolute Gasteiger partial charge is 0.308 e. The van der Waals surface area contributed by atoms with Crippen molar-refractivity contribution in [1.29, 1.82) is 0 Å². The maximum absolute atomic E-state index is 6.17. The van der Waals surface area contributed by atoms with Crippen LogP contribution in [0.1, 0.15) is 11.1 Å². The van der Waals surface area contributed by atoms with Crippen molar-refractivity contribution in [2.75, 3.05) is 4.31 Å². The fourth-order valence-corrected chi connectivity index (χ4v) is 3.57. The Balaban J connectivity index is 1.78. The maximum Gasteiger partial charge on any atom is 0.0549 e. The van der Waals surface area contributed by atoms with Gasteiger partial charge in [-0.3, -0.25) is 0 Å². The lowest BCUT2D eigenvalue weighted by atomic mass is 10.2. The third-order valence-corrected chi connectivity index (χ3v) is 4.88. The Morgan fingerprint density at radius 3 is 2.24 bits per heavy atom. The smallest absolute Gasteiger partial charge is 0.0549 e. The highest BCUT2D eigenvalue weighted by Gasteiger charge is 2.07. The number of halogens is 2. The summed E-state index contributed by atoms with van der Waals surface area (Å²) in [6, 6.07) is 26.1. The minimum Gasteiger partial charge on any atom is -0.308 e. The second-order valence-corrected chi connectivity index (χ2v) is 7.26. The Kier molecular flexibility index (Phi) is 6.46. The van der Waals surface area contributed by atoms with Gasteiger partial charge in [0.1, 0.15) is 0 Å². The Hall–Kier alpha value is -1.87. The van der Waals surface area contributed by atoms with Crippen molar-refractivity contribution in [1.82, 2.24) is 0 Å². The first kappa shape index (κ1) is 17.9. The summed E-state index contributed by atoms with van der Waals surface area (Å²) >= 11 is 13.8. The Labute approximate surface area is 163 Å². The van der Waals surface area contributed by atoms with Gasteiger partial charge in [-0.25, -0.2) is 0 Å². The van der Waals surface area contributed by atoms with Gasteiger partial charge in [-0.15, -0.1) is 0 Å². The van der Waals surface area contributed by atoms with Crippen LogP contribution in [0.5, 0.6) is 0 Å². The van der Waals surface area contributed by atoms with Gasteiger partial charge < -0.3 is 4.31 Å². The van der Waals surface area contributed by atoms with E-state index >= 15 is 0 Å². The van der Waals surface area contributed by atoms with Gasteiger partial charge in [0.15, 0.2) is 0 Å². The molecule has 0 radical (unpaired) electrons. The van der Waals surface area contributed by atoms with Crippen LogP contribution in [-0.4, -0.2) is 0 Å².